The Kier molecular flexibility index (Phi) is 7.20. The summed E-state index contributed by atoms with van der Waals surface area (Å²) >= 11 is 0. The molecule has 0 bridgehead atoms. The molecule has 0 aromatic heterocycles. The van der Waals surface area contributed by atoms with Crippen molar-refractivity contribution in [3.8, 4) is 0 Å². The number of carbonyl (C=O) groups excluding carboxylic acids is 1. The molecule has 142 valence electrons. The van der Waals surface area contributed by atoms with E-state index in [-0.39, 0.29) is 35.3 Å². The van der Waals surface area contributed by atoms with Crippen LogP contribution in [-0.2, 0) is 10.0 Å². The fourth-order valence-electron chi connectivity index (χ4n) is 2.07. The van der Waals surface area contributed by atoms with Gasteiger partial charge in [-0.1, -0.05) is 23.8 Å². The molecule has 26 heavy (non-hydrogen) atoms. The van der Waals surface area contributed by atoms with Gasteiger partial charge in [-0.3, -0.25) is 9.52 Å². The van der Waals surface area contributed by atoms with E-state index < -0.39 is 15.6 Å². The average Bonchev–Trinajstić information content (AvgIpc) is 2.56. The highest BCUT2D eigenvalue weighted by Crippen LogP contribution is 2.18. The van der Waals surface area contributed by atoms with Gasteiger partial charge in [0.1, 0.15) is 0 Å². The van der Waals surface area contributed by atoms with E-state index in [1.807, 2.05) is 19.1 Å². The van der Waals surface area contributed by atoms with E-state index in [9.17, 15) is 13.2 Å². The first-order valence-electron chi connectivity index (χ1n) is 7.85. The summed E-state index contributed by atoms with van der Waals surface area (Å²) in [5.41, 5.74) is 6.78. The maximum absolute atomic E-state index is 12.5. The molecule has 2 aromatic carbocycles. The molecule has 0 aliphatic heterocycles. The number of aryl methyl sites for hydroxylation is 1. The van der Waals surface area contributed by atoms with Crippen molar-refractivity contribution in [3.05, 3.63) is 59.7 Å². The van der Waals surface area contributed by atoms with Crippen molar-refractivity contribution in [2.45, 2.75) is 31.2 Å². The summed E-state index contributed by atoms with van der Waals surface area (Å²) in [6.45, 7) is 5.78. The van der Waals surface area contributed by atoms with Crippen LogP contribution in [0.15, 0.2) is 53.4 Å². The minimum absolute atomic E-state index is 0. The van der Waals surface area contributed by atoms with E-state index in [0.29, 0.717) is 5.69 Å². The van der Waals surface area contributed by atoms with Gasteiger partial charge in [-0.05, 0) is 51.1 Å². The topological polar surface area (TPSA) is 101 Å². The number of rotatable bonds is 6. The third-order valence-corrected chi connectivity index (χ3v) is 5.05. The number of amides is 1. The van der Waals surface area contributed by atoms with Crippen LogP contribution in [0.3, 0.4) is 0 Å². The Balaban J connectivity index is 0.00000338. The predicted octanol–water partition coefficient (Wildman–Crippen LogP) is 2.68. The van der Waals surface area contributed by atoms with Crippen molar-refractivity contribution in [1.82, 2.24) is 5.32 Å². The zero-order valence-corrected chi connectivity index (χ0v) is 16.6. The number of hydrogen-bond acceptors (Lipinski definition) is 4. The molecule has 4 N–H and O–H groups in total. The van der Waals surface area contributed by atoms with E-state index >= 15 is 0 Å². The van der Waals surface area contributed by atoms with Crippen molar-refractivity contribution in [1.29, 1.82) is 0 Å². The first-order chi connectivity index (χ1) is 11.6. The number of nitrogens with one attached hydrogen (secondary N) is 2. The number of sulfonamides is 1. The van der Waals surface area contributed by atoms with Gasteiger partial charge in [0.15, 0.2) is 0 Å². The fraction of sp³-hybridized carbons (Fsp3) is 0.278. The lowest BCUT2D eigenvalue weighted by Crippen LogP contribution is -2.48. The zero-order chi connectivity index (χ0) is 18.7. The van der Waals surface area contributed by atoms with Gasteiger partial charge < -0.3 is 11.1 Å². The van der Waals surface area contributed by atoms with Crippen molar-refractivity contribution >= 4 is 34.0 Å². The Morgan fingerprint density at radius 1 is 1.12 bits per heavy atom. The third-order valence-electron chi connectivity index (χ3n) is 3.67. The lowest BCUT2D eigenvalue weighted by atomic mass is 10.1. The molecule has 0 fully saturated rings. The van der Waals surface area contributed by atoms with Crippen LogP contribution in [0.1, 0.15) is 29.8 Å². The van der Waals surface area contributed by atoms with Crippen LogP contribution in [0.5, 0.6) is 0 Å². The highest BCUT2D eigenvalue weighted by atomic mass is 35.5. The lowest BCUT2D eigenvalue weighted by molar-refractivity contribution is 0.0915. The predicted molar refractivity (Wildman–Crippen MR) is 106 cm³/mol. The van der Waals surface area contributed by atoms with Gasteiger partial charge in [0.05, 0.1) is 4.90 Å². The molecule has 0 spiro atoms. The second kappa shape index (κ2) is 8.53. The number of anilines is 1. The van der Waals surface area contributed by atoms with Crippen LogP contribution < -0.4 is 15.8 Å². The molecule has 0 aliphatic carbocycles. The molecule has 2 rings (SSSR count). The zero-order valence-electron chi connectivity index (χ0n) is 14.9. The molecule has 6 nitrogen and oxygen atoms in total. The van der Waals surface area contributed by atoms with E-state index in [4.69, 9.17) is 5.73 Å². The van der Waals surface area contributed by atoms with Crippen LogP contribution in [0.2, 0.25) is 0 Å². The van der Waals surface area contributed by atoms with E-state index in [1.54, 1.807) is 32.0 Å². The largest absolute Gasteiger partial charge is 0.346 e. The lowest BCUT2D eigenvalue weighted by Gasteiger charge is -2.24. The number of benzene rings is 2. The molecule has 0 atom stereocenters. The molecular weight excluding hydrogens is 374 g/mol. The van der Waals surface area contributed by atoms with Crippen molar-refractivity contribution < 1.29 is 13.2 Å². The van der Waals surface area contributed by atoms with Gasteiger partial charge in [0, 0.05) is 23.3 Å². The van der Waals surface area contributed by atoms with Gasteiger partial charge in [0.2, 0.25) is 0 Å². The monoisotopic (exact) mass is 397 g/mol. The average molecular weight is 398 g/mol. The number of halogens is 1. The smallest absolute Gasteiger partial charge is 0.261 e. The summed E-state index contributed by atoms with van der Waals surface area (Å²) in [5.74, 6) is -0.372. The van der Waals surface area contributed by atoms with Crippen molar-refractivity contribution in [2.24, 2.45) is 5.73 Å². The Morgan fingerprint density at radius 3 is 2.31 bits per heavy atom. The van der Waals surface area contributed by atoms with E-state index in [0.717, 1.165) is 5.56 Å². The summed E-state index contributed by atoms with van der Waals surface area (Å²) in [7, 11) is -3.79. The van der Waals surface area contributed by atoms with Crippen molar-refractivity contribution in [2.75, 3.05) is 11.3 Å². The first-order valence-corrected chi connectivity index (χ1v) is 9.33. The Hall–Kier alpha value is -2.09. The van der Waals surface area contributed by atoms with Crippen molar-refractivity contribution in [3.63, 3.8) is 0 Å². The molecule has 2 aromatic rings. The van der Waals surface area contributed by atoms with Gasteiger partial charge in [-0.15, -0.1) is 12.4 Å². The van der Waals surface area contributed by atoms with E-state index in [1.165, 1.54) is 18.2 Å². The second-order valence-electron chi connectivity index (χ2n) is 6.54. The van der Waals surface area contributed by atoms with Crippen LogP contribution in [0.4, 0.5) is 5.69 Å². The number of nitrogens with two attached hydrogens (primary N) is 1. The molecular formula is C18H24ClN3O3S. The van der Waals surface area contributed by atoms with Crippen LogP contribution in [-0.4, -0.2) is 26.4 Å². The van der Waals surface area contributed by atoms with E-state index in [2.05, 4.69) is 10.0 Å². The highest BCUT2D eigenvalue weighted by molar-refractivity contribution is 7.92. The van der Waals surface area contributed by atoms with Crippen LogP contribution in [0.25, 0.3) is 0 Å². The van der Waals surface area contributed by atoms with Gasteiger partial charge >= 0.3 is 0 Å². The minimum Gasteiger partial charge on any atom is -0.346 e. The van der Waals surface area contributed by atoms with Gasteiger partial charge in [0.25, 0.3) is 15.9 Å². The van der Waals surface area contributed by atoms with Gasteiger partial charge in [-0.25, -0.2) is 8.42 Å². The standard InChI is InChI=1S/C18H23N3O3S.ClH/c1-13-7-9-15(10-8-13)21-25(23,24)16-6-4-5-14(11-16)17(22)20-18(2,3)12-19;/h4-11,21H,12,19H2,1-3H3,(H,20,22);1H. The summed E-state index contributed by atoms with van der Waals surface area (Å²) < 4.78 is 27.6. The number of hydrogen-bond donors (Lipinski definition) is 3. The molecule has 1 amide bonds. The molecule has 0 saturated heterocycles. The highest BCUT2D eigenvalue weighted by Gasteiger charge is 2.21. The Morgan fingerprint density at radius 2 is 1.73 bits per heavy atom. The molecule has 0 saturated carbocycles. The first kappa shape index (κ1) is 22.0. The second-order valence-corrected chi connectivity index (χ2v) is 8.22. The fourth-order valence-corrected chi connectivity index (χ4v) is 3.17. The minimum atomic E-state index is -3.79. The SMILES string of the molecule is Cc1ccc(NS(=O)(=O)c2cccc(C(=O)NC(C)(C)CN)c2)cc1.Cl. The molecule has 0 heterocycles. The van der Waals surface area contributed by atoms with Crippen LogP contribution in [0, 0.1) is 6.92 Å². The summed E-state index contributed by atoms with van der Waals surface area (Å²) in [6.07, 6.45) is 0. The maximum Gasteiger partial charge on any atom is 0.261 e. The summed E-state index contributed by atoms with van der Waals surface area (Å²) in [5, 5.41) is 2.78. The van der Waals surface area contributed by atoms with Crippen LogP contribution >= 0.6 is 12.4 Å². The quantitative estimate of drug-likeness (QED) is 0.697. The molecule has 0 radical (unpaired) electrons. The summed E-state index contributed by atoms with van der Waals surface area (Å²) in [6, 6.07) is 12.9. The Bertz CT molecular complexity index is 866. The Labute approximate surface area is 160 Å². The number of carbonyl (C=O) groups is 1. The normalized spacial score (nSPS) is 11.4. The maximum atomic E-state index is 12.5. The van der Waals surface area contributed by atoms with Gasteiger partial charge in [-0.2, -0.15) is 0 Å². The molecule has 0 aliphatic rings. The molecule has 0 unspecified atom stereocenters. The molecule has 8 heteroatoms. The summed E-state index contributed by atoms with van der Waals surface area (Å²) in [4.78, 5) is 12.3. The third kappa shape index (κ3) is 5.72.